The number of carbonyl (C=O) groups excluding carboxylic acids is 2. The maximum Gasteiger partial charge on any atom is 0.341 e. The molecular weight excluding hydrogens is 310 g/mol. The molecule has 0 aromatic heterocycles. The van der Waals surface area contributed by atoms with Crippen LogP contribution in [0.5, 0.6) is 0 Å². The van der Waals surface area contributed by atoms with Crippen LogP contribution in [0.15, 0.2) is 35.7 Å². The zero-order valence-corrected chi connectivity index (χ0v) is 13.2. The number of benzene rings is 1. The highest BCUT2D eigenvalue weighted by molar-refractivity contribution is 6.33. The third-order valence-corrected chi connectivity index (χ3v) is 2.83. The number of alkyl halides is 1. The van der Waals surface area contributed by atoms with Crippen LogP contribution in [0.25, 0.3) is 5.57 Å². The van der Waals surface area contributed by atoms with Crippen LogP contribution in [0.3, 0.4) is 0 Å². The minimum atomic E-state index is -0.573. The molecule has 0 spiro atoms. The lowest BCUT2D eigenvalue weighted by Crippen LogP contribution is -2.12. The molecule has 0 bridgehead atoms. The smallest absolute Gasteiger partial charge is 0.341 e. The summed E-state index contributed by atoms with van der Waals surface area (Å²) in [5.74, 6) is -1.15. The molecule has 0 N–H and O–H groups in total. The maximum atomic E-state index is 11.9. The van der Waals surface area contributed by atoms with Crippen LogP contribution in [-0.2, 0) is 23.9 Å². The first-order chi connectivity index (χ1) is 10.5. The number of rotatable bonds is 6. The van der Waals surface area contributed by atoms with Crippen LogP contribution < -0.4 is 0 Å². The van der Waals surface area contributed by atoms with E-state index >= 15 is 0 Å². The van der Waals surface area contributed by atoms with E-state index in [9.17, 15) is 9.59 Å². The molecule has 0 radical (unpaired) electrons. The van der Waals surface area contributed by atoms with Gasteiger partial charge < -0.3 is 14.3 Å². The number of oxime groups is 1. The van der Waals surface area contributed by atoms with Crippen LogP contribution in [0.1, 0.15) is 18.1 Å². The van der Waals surface area contributed by atoms with Crippen molar-refractivity contribution in [3.63, 3.8) is 0 Å². The first kappa shape index (κ1) is 17.7. The fraction of sp³-hybridized carbons (Fsp3) is 0.267. The molecule has 0 heterocycles. The monoisotopic (exact) mass is 325 g/mol. The molecule has 118 valence electrons. The van der Waals surface area contributed by atoms with Crippen molar-refractivity contribution in [1.29, 1.82) is 0 Å². The number of methoxy groups -OCH3 is 2. The highest BCUT2D eigenvalue weighted by Gasteiger charge is 2.19. The summed E-state index contributed by atoms with van der Waals surface area (Å²) >= 11 is 5.86. The molecule has 0 atom stereocenters. The SMILES string of the molecule is CO/C=C(/C(=O)OC)c1ccccc1C(CCl)=NOC(C)=O. The fourth-order valence-electron chi connectivity index (χ4n) is 1.68. The van der Waals surface area contributed by atoms with Crippen LogP contribution in [-0.4, -0.2) is 37.7 Å². The van der Waals surface area contributed by atoms with Gasteiger partial charge in [0.2, 0.25) is 0 Å². The number of ether oxygens (including phenoxy) is 2. The van der Waals surface area contributed by atoms with E-state index in [0.29, 0.717) is 16.8 Å². The predicted molar refractivity (Wildman–Crippen MR) is 82.5 cm³/mol. The van der Waals surface area contributed by atoms with Gasteiger partial charge in [0.1, 0.15) is 11.3 Å². The van der Waals surface area contributed by atoms with Crippen molar-refractivity contribution in [1.82, 2.24) is 0 Å². The number of halogens is 1. The van der Waals surface area contributed by atoms with E-state index in [4.69, 9.17) is 21.1 Å². The molecule has 0 aliphatic rings. The topological polar surface area (TPSA) is 74.2 Å². The molecule has 0 amide bonds. The molecule has 22 heavy (non-hydrogen) atoms. The molecule has 0 aliphatic heterocycles. The second kappa shape index (κ2) is 8.84. The Morgan fingerprint density at radius 3 is 2.36 bits per heavy atom. The fourth-order valence-corrected chi connectivity index (χ4v) is 1.88. The third kappa shape index (κ3) is 4.60. The summed E-state index contributed by atoms with van der Waals surface area (Å²) in [6.45, 7) is 1.23. The summed E-state index contributed by atoms with van der Waals surface area (Å²) in [4.78, 5) is 27.4. The summed E-state index contributed by atoms with van der Waals surface area (Å²) in [7, 11) is 2.69. The van der Waals surface area contributed by atoms with Crippen LogP contribution in [0.2, 0.25) is 0 Å². The van der Waals surface area contributed by atoms with Gasteiger partial charge in [-0.2, -0.15) is 0 Å². The lowest BCUT2D eigenvalue weighted by Gasteiger charge is -2.11. The lowest BCUT2D eigenvalue weighted by atomic mass is 9.98. The zero-order valence-electron chi connectivity index (χ0n) is 12.5. The van der Waals surface area contributed by atoms with E-state index < -0.39 is 11.9 Å². The number of hydrogen-bond acceptors (Lipinski definition) is 6. The third-order valence-electron chi connectivity index (χ3n) is 2.58. The quantitative estimate of drug-likeness (QED) is 0.153. The summed E-state index contributed by atoms with van der Waals surface area (Å²) in [6, 6.07) is 6.87. The van der Waals surface area contributed by atoms with Gasteiger partial charge in [0.05, 0.1) is 26.4 Å². The summed E-state index contributed by atoms with van der Waals surface area (Å²) < 4.78 is 9.67. The first-order valence-corrected chi connectivity index (χ1v) is 6.80. The molecule has 0 aliphatic carbocycles. The second-order valence-electron chi connectivity index (χ2n) is 4.06. The van der Waals surface area contributed by atoms with Gasteiger partial charge >= 0.3 is 11.9 Å². The van der Waals surface area contributed by atoms with Crippen molar-refractivity contribution >= 4 is 34.8 Å². The summed E-state index contributed by atoms with van der Waals surface area (Å²) in [5.41, 5.74) is 1.54. The summed E-state index contributed by atoms with van der Waals surface area (Å²) in [6.07, 6.45) is 1.27. The van der Waals surface area contributed by atoms with Crippen LogP contribution in [0, 0.1) is 0 Å². The maximum absolute atomic E-state index is 11.9. The number of nitrogens with zero attached hydrogens (tertiary/aromatic N) is 1. The predicted octanol–water partition coefficient (Wildman–Crippen LogP) is 2.35. The van der Waals surface area contributed by atoms with Gasteiger partial charge in [0.25, 0.3) is 0 Å². The Balaban J connectivity index is 3.39. The number of hydrogen-bond donors (Lipinski definition) is 0. The van der Waals surface area contributed by atoms with Crippen molar-refractivity contribution in [3.8, 4) is 0 Å². The van der Waals surface area contributed by atoms with E-state index in [-0.39, 0.29) is 11.5 Å². The Kier molecular flexibility index (Phi) is 7.12. The molecule has 1 aromatic rings. The van der Waals surface area contributed by atoms with E-state index in [1.54, 1.807) is 24.3 Å². The minimum Gasteiger partial charge on any atom is -0.503 e. The molecule has 6 nitrogen and oxygen atoms in total. The Bertz CT molecular complexity index is 610. The minimum absolute atomic E-state index is 0.00821. The number of esters is 1. The molecule has 0 saturated heterocycles. The van der Waals surface area contributed by atoms with Gasteiger partial charge in [-0.25, -0.2) is 9.59 Å². The molecule has 1 rings (SSSR count). The average molecular weight is 326 g/mol. The highest BCUT2D eigenvalue weighted by atomic mass is 35.5. The van der Waals surface area contributed by atoms with Gasteiger partial charge in [-0.3, -0.25) is 0 Å². The normalized spacial score (nSPS) is 11.8. The molecule has 1 aromatic carbocycles. The Morgan fingerprint density at radius 2 is 1.86 bits per heavy atom. The van der Waals surface area contributed by atoms with Gasteiger partial charge in [0, 0.05) is 18.1 Å². The average Bonchev–Trinajstić information content (AvgIpc) is 2.53. The molecular formula is C15H16ClNO5. The lowest BCUT2D eigenvalue weighted by molar-refractivity contribution is -0.141. The Hall–Kier alpha value is -2.34. The standard InChI is InChI=1S/C15H16ClNO5/c1-10(18)22-17-14(8-16)12-7-5-4-6-11(12)13(9-20-2)15(19)21-3/h4-7,9H,8H2,1-3H3/b13-9+,17-14?. The van der Waals surface area contributed by atoms with Crippen LogP contribution >= 0.6 is 11.6 Å². The van der Waals surface area contributed by atoms with Crippen molar-refractivity contribution in [2.45, 2.75) is 6.92 Å². The van der Waals surface area contributed by atoms with E-state index in [1.807, 2.05) is 0 Å². The largest absolute Gasteiger partial charge is 0.503 e. The van der Waals surface area contributed by atoms with Gasteiger partial charge in [0.15, 0.2) is 0 Å². The van der Waals surface area contributed by atoms with Gasteiger partial charge in [-0.1, -0.05) is 29.4 Å². The molecule has 7 heteroatoms. The number of carbonyl (C=O) groups is 2. The second-order valence-corrected chi connectivity index (χ2v) is 4.33. The van der Waals surface area contributed by atoms with Crippen LogP contribution in [0.4, 0.5) is 0 Å². The summed E-state index contributed by atoms with van der Waals surface area (Å²) in [5, 5.41) is 3.72. The molecule has 0 fully saturated rings. The van der Waals surface area contributed by atoms with Gasteiger partial charge in [-0.05, 0) is 0 Å². The van der Waals surface area contributed by atoms with Crippen molar-refractivity contribution < 1.29 is 23.9 Å². The molecule has 0 unspecified atom stereocenters. The van der Waals surface area contributed by atoms with Crippen molar-refractivity contribution in [2.24, 2.45) is 5.16 Å². The van der Waals surface area contributed by atoms with E-state index in [1.165, 1.54) is 27.4 Å². The van der Waals surface area contributed by atoms with E-state index in [0.717, 1.165) is 0 Å². The Morgan fingerprint density at radius 1 is 1.23 bits per heavy atom. The first-order valence-electron chi connectivity index (χ1n) is 6.26. The van der Waals surface area contributed by atoms with Gasteiger partial charge in [-0.15, -0.1) is 11.6 Å². The van der Waals surface area contributed by atoms with Crippen molar-refractivity contribution in [2.75, 3.05) is 20.1 Å². The highest BCUT2D eigenvalue weighted by Crippen LogP contribution is 2.22. The molecule has 0 saturated carbocycles. The van der Waals surface area contributed by atoms with E-state index in [2.05, 4.69) is 9.99 Å². The zero-order chi connectivity index (χ0) is 16.5. The van der Waals surface area contributed by atoms with Crippen molar-refractivity contribution in [3.05, 3.63) is 41.7 Å². The Labute approximate surface area is 133 Å².